The van der Waals surface area contributed by atoms with E-state index in [1.165, 1.54) is 12.1 Å². The van der Waals surface area contributed by atoms with Gasteiger partial charge in [-0.3, -0.25) is 0 Å². The number of amides is 3. The van der Waals surface area contributed by atoms with Gasteiger partial charge in [0.25, 0.3) is 0 Å². The number of likely N-dealkylation sites (tertiary alicyclic amines) is 1. The van der Waals surface area contributed by atoms with Gasteiger partial charge in [0.2, 0.25) is 0 Å². The average molecular weight is 576 g/mol. The van der Waals surface area contributed by atoms with E-state index in [2.05, 4.69) is 5.32 Å². The average Bonchev–Trinajstić information content (AvgIpc) is 2.90. The zero-order valence-electron chi connectivity index (χ0n) is 24.9. The second kappa shape index (κ2) is 13.5. The van der Waals surface area contributed by atoms with E-state index in [1.807, 2.05) is 26.0 Å². The van der Waals surface area contributed by atoms with E-state index in [-0.39, 0.29) is 37.2 Å². The SMILES string of the molecule is CC(C)C(C)(O)COc1ccc(CNC(=O)N(Cc2ccc(F)cc2F)C2CCN(C(=O)OC(C)(C)C)CC2)cc1. The van der Waals surface area contributed by atoms with Crippen LogP contribution in [-0.2, 0) is 17.8 Å². The lowest BCUT2D eigenvalue weighted by Crippen LogP contribution is -2.51. The first-order chi connectivity index (χ1) is 19.1. The van der Waals surface area contributed by atoms with Gasteiger partial charge in [-0.2, -0.15) is 0 Å². The molecule has 8 nitrogen and oxygen atoms in total. The molecule has 2 N–H and O–H groups in total. The lowest BCUT2D eigenvalue weighted by Gasteiger charge is -2.39. The molecule has 3 rings (SSSR count). The summed E-state index contributed by atoms with van der Waals surface area (Å²) in [4.78, 5) is 29.1. The second-order valence-electron chi connectivity index (χ2n) is 12.2. The van der Waals surface area contributed by atoms with Crippen LogP contribution in [0.25, 0.3) is 0 Å². The van der Waals surface area contributed by atoms with Gasteiger partial charge in [-0.15, -0.1) is 0 Å². The van der Waals surface area contributed by atoms with Crippen molar-refractivity contribution in [1.82, 2.24) is 15.1 Å². The fourth-order valence-corrected chi connectivity index (χ4v) is 4.27. The molecular weight excluding hydrogens is 532 g/mol. The van der Waals surface area contributed by atoms with E-state index in [0.717, 1.165) is 11.6 Å². The van der Waals surface area contributed by atoms with Gasteiger partial charge in [-0.1, -0.05) is 32.0 Å². The summed E-state index contributed by atoms with van der Waals surface area (Å²) < 4.78 is 39.2. The molecule has 1 unspecified atom stereocenters. The number of rotatable bonds is 9. The maximum absolute atomic E-state index is 14.5. The van der Waals surface area contributed by atoms with E-state index in [4.69, 9.17) is 9.47 Å². The highest BCUT2D eigenvalue weighted by atomic mass is 19.1. The first-order valence-electron chi connectivity index (χ1n) is 14.0. The predicted molar refractivity (Wildman–Crippen MR) is 152 cm³/mol. The first kappa shape index (κ1) is 32.1. The molecule has 1 aliphatic rings. The van der Waals surface area contributed by atoms with E-state index >= 15 is 0 Å². The van der Waals surface area contributed by atoms with Crippen molar-refractivity contribution in [2.24, 2.45) is 5.92 Å². The highest BCUT2D eigenvalue weighted by Crippen LogP contribution is 2.23. The Morgan fingerprint density at radius 3 is 2.27 bits per heavy atom. The summed E-state index contributed by atoms with van der Waals surface area (Å²) in [6, 6.07) is 9.86. The molecule has 1 heterocycles. The maximum Gasteiger partial charge on any atom is 0.410 e. The summed E-state index contributed by atoms with van der Waals surface area (Å²) in [6.45, 7) is 12.1. The summed E-state index contributed by atoms with van der Waals surface area (Å²) in [7, 11) is 0. The lowest BCUT2D eigenvalue weighted by atomic mass is 9.94. The van der Waals surface area contributed by atoms with Gasteiger partial charge in [0.05, 0.1) is 12.1 Å². The number of carbonyl (C=O) groups excluding carboxylic acids is 2. The molecule has 0 aromatic heterocycles. The Balaban J connectivity index is 1.65. The van der Waals surface area contributed by atoms with Gasteiger partial charge in [0.15, 0.2) is 0 Å². The van der Waals surface area contributed by atoms with Crippen molar-refractivity contribution in [1.29, 1.82) is 0 Å². The third-order valence-corrected chi connectivity index (χ3v) is 7.32. The van der Waals surface area contributed by atoms with Crippen LogP contribution in [0, 0.1) is 17.6 Å². The molecule has 1 fully saturated rings. The minimum Gasteiger partial charge on any atom is -0.491 e. The molecule has 1 atom stereocenters. The molecule has 0 radical (unpaired) electrons. The minimum absolute atomic E-state index is 0.0351. The molecule has 3 amide bonds. The Kier molecular flexibility index (Phi) is 10.6. The summed E-state index contributed by atoms with van der Waals surface area (Å²) in [5.41, 5.74) is -0.537. The number of halogens is 2. The van der Waals surface area contributed by atoms with Crippen LogP contribution in [-0.4, -0.2) is 64.0 Å². The van der Waals surface area contributed by atoms with Gasteiger partial charge < -0.3 is 29.7 Å². The normalized spacial score (nSPS) is 15.8. The number of carbonyl (C=O) groups is 2. The molecule has 41 heavy (non-hydrogen) atoms. The number of benzene rings is 2. The fraction of sp³-hybridized carbons (Fsp3) is 0.548. The van der Waals surface area contributed by atoms with E-state index < -0.39 is 35.0 Å². The smallest absolute Gasteiger partial charge is 0.410 e. The van der Waals surface area contributed by atoms with Crippen LogP contribution in [0.5, 0.6) is 5.75 Å². The third kappa shape index (κ3) is 9.59. The van der Waals surface area contributed by atoms with Crippen LogP contribution in [0.2, 0.25) is 0 Å². The van der Waals surface area contributed by atoms with Crippen molar-refractivity contribution in [3.8, 4) is 5.75 Å². The van der Waals surface area contributed by atoms with Crippen molar-refractivity contribution in [3.63, 3.8) is 0 Å². The van der Waals surface area contributed by atoms with Crippen molar-refractivity contribution in [2.75, 3.05) is 19.7 Å². The molecule has 1 saturated heterocycles. The molecule has 0 spiro atoms. The Morgan fingerprint density at radius 2 is 1.71 bits per heavy atom. The fourth-order valence-electron chi connectivity index (χ4n) is 4.27. The van der Waals surface area contributed by atoms with Crippen molar-refractivity contribution >= 4 is 12.1 Å². The second-order valence-corrected chi connectivity index (χ2v) is 12.2. The largest absolute Gasteiger partial charge is 0.491 e. The zero-order chi connectivity index (χ0) is 30.4. The molecule has 0 bridgehead atoms. The molecule has 10 heteroatoms. The van der Waals surface area contributed by atoms with Crippen molar-refractivity contribution < 1.29 is 33.0 Å². The van der Waals surface area contributed by atoms with E-state index in [1.54, 1.807) is 49.6 Å². The molecule has 2 aromatic rings. The molecule has 226 valence electrons. The molecular formula is C31H43F2N3O5. The number of hydrogen-bond acceptors (Lipinski definition) is 5. The predicted octanol–water partition coefficient (Wildman–Crippen LogP) is 5.86. The van der Waals surface area contributed by atoms with Gasteiger partial charge in [-0.25, -0.2) is 18.4 Å². The summed E-state index contributed by atoms with van der Waals surface area (Å²) in [6.07, 6.45) is 0.570. The Labute approximate surface area is 241 Å². The van der Waals surface area contributed by atoms with E-state index in [9.17, 15) is 23.5 Å². The number of aliphatic hydroxyl groups is 1. The Morgan fingerprint density at radius 1 is 1.07 bits per heavy atom. The molecule has 0 aliphatic carbocycles. The number of nitrogens with zero attached hydrogens (tertiary/aromatic N) is 2. The first-order valence-corrected chi connectivity index (χ1v) is 14.0. The van der Waals surface area contributed by atoms with Crippen LogP contribution < -0.4 is 10.1 Å². The summed E-state index contributed by atoms with van der Waals surface area (Å²) in [5.74, 6) is -0.770. The van der Waals surface area contributed by atoms with E-state index in [0.29, 0.717) is 31.7 Å². The Bertz CT molecular complexity index is 1170. The summed E-state index contributed by atoms with van der Waals surface area (Å²) >= 11 is 0. The van der Waals surface area contributed by atoms with Gasteiger partial charge in [0.1, 0.15) is 29.6 Å². The maximum atomic E-state index is 14.5. The van der Waals surface area contributed by atoms with Gasteiger partial charge in [-0.05, 0) is 70.2 Å². The van der Waals surface area contributed by atoms with Crippen LogP contribution in [0.1, 0.15) is 65.5 Å². The standard InChI is InChI=1S/C31H43F2N3O5/c1-21(2)31(6,39)20-40-26-11-7-22(8-12-26)18-34-28(37)36(19-23-9-10-24(32)17-27(23)33)25-13-15-35(16-14-25)29(38)41-30(3,4)5/h7-12,17,21,25,39H,13-16,18-20H2,1-6H3,(H,34,37). The number of urea groups is 1. The summed E-state index contributed by atoms with van der Waals surface area (Å²) in [5, 5.41) is 13.3. The number of ether oxygens (including phenoxy) is 2. The highest BCUT2D eigenvalue weighted by molar-refractivity contribution is 5.75. The van der Waals surface area contributed by atoms with Crippen molar-refractivity contribution in [3.05, 3.63) is 65.2 Å². The lowest BCUT2D eigenvalue weighted by molar-refractivity contribution is -0.0266. The van der Waals surface area contributed by atoms with Crippen LogP contribution in [0.4, 0.5) is 18.4 Å². The molecule has 0 saturated carbocycles. The van der Waals surface area contributed by atoms with Crippen molar-refractivity contribution in [2.45, 2.75) is 84.7 Å². The van der Waals surface area contributed by atoms with Crippen LogP contribution in [0.3, 0.4) is 0 Å². The van der Waals surface area contributed by atoms with Gasteiger partial charge >= 0.3 is 12.1 Å². The highest BCUT2D eigenvalue weighted by Gasteiger charge is 2.32. The zero-order valence-corrected chi connectivity index (χ0v) is 24.9. The number of hydrogen-bond donors (Lipinski definition) is 2. The van der Waals surface area contributed by atoms with Crippen LogP contribution >= 0.6 is 0 Å². The van der Waals surface area contributed by atoms with Crippen LogP contribution in [0.15, 0.2) is 42.5 Å². The minimum atomic E-state index is -0.955. The Hall–Kier alpha value is -3.40. The quantitative estimate of drug-likeness (QED) is 0.391. The number of piperidine rings is 1. The topological polar surface area (TPSA) is 91.3 Å². The third-order valence-electron chi connectivity index (χ3n) is 7.32. The number of nitrogens with one attached hydrogen (secondary N) is 1. The molecule has 1 aliphatic heterocycles. The van der Waals surface area contributed by atoms with Gasteiger partial charge in [0, 0.05) is 37.3 Å². The monoisotopic (exact) mass is 575 g/mol. The molecule has 2 aromatic carbocycles.